The first-order valence-corrected chi connectivity index (χ1v) is 6.20. The second-order valence-electron chi connectivity index (χ2n) is 5.32. The monoisotopic (exact) mass is 243 g/mol. The maximum atomic E-state index is 12.1. The van der Waals surface area contributed by atoms with Crippen LogP contribution >= 0.6 is 0 Å². The Kier molecular flexibility index (Phi) is 5.36. The van der Waals surface area contributed by atoms with E-state index in [1.807, 2.05) is 21.1 Å². The lowest BCUT2D eigenvalue weighted by molar-refractivity contribution is -0.135. The minimum atomic E-state index is -0.370. The molecule has 0 aromatic rings. The Labute approximate surface area is 104 Å². The van der Waals surface area contributed by atoms with Gasteiger partial charge in [-0.25, -0.2) is 0 Å². The molecule has 0 bridgehead atoms. The van der Waals surface area contributed by atoms with E-state index in [1.54, 1.807) is 4.90 Å². The number of carbonyl (C=O) groups excluding carboxylic acids is 1. The van der Waals surface area contributed by atoms with Gasteiger partial charge >= 0.3 is 0 Å². The van der Waals surface area contributed by atoms with E-state index in [9.17, 15) is 9.90 Å². The molecule has 5 nitrogen and oxygen atoms in total. The van der Waals surface area contributed by atoms with Crippen molar-refractivity contribution < 1.29 is 9.90 Å². The van der Waals surface area contributed by atoms with Crippen molar-refractivity contribution in [3.05, 3.63) is 0 Å². The van der Waals surface area contributed by atoms with Crippen LogP contribution in [0, 0.1) is 5.92 Å². The predicted octanol–water partition coefficient (Wildman–Crippen LogP) is -0.681. The molecule has 1 fully saturated rings. The van der Waals surface area contributed by atoms with Crippen LogP contribution in [0.15, 0.2) is 0 Å². The maximum Gasteiger partial charge on any atom is 0.242 e. The molecule has 17 heavy (non-hydrogen) atoms. The SMILES string of the molecule is CC1CN(C)C(=O)C(CO)N(CCN(C)C)C1. The third-order valence-corrected chi connectivity index (χ3v) is 3.24. The molecular weight excluding hydrogens is 218 g/mol. The van der Waals surface area contributed by atoms with Gasteiger partial charge in [0.15, 0.2) is 0 Å². The zero-order chi connectivity index (χ0) is 13.0. The summed E-state index contributed by atoms with van der Waals surface area (Å²) in [6.07, 6.45) is 0. The van der Waals surface area contributed by atoms with Crippen molar-refractivity contribution in [2.45, 2.75) is 13.0 Å². The highest BCUT2D eigenvalue weighted by atomic mass is 16.3. The summed E-state index contributed by atoms with van der Waals surface area (Å²) < 4.78 is 0. The Morgan fingerprint density at radius 3 is 2.59 bits per heavy atom. The average molecular weight is 243 g/mol. The molecule has 1 amide bonds. The normalized spacial score (nSPS) is 27.6. The third kappa shape index (κ3) is 3.94. The molecule has 1 saturated heterocycles. The molecule has 2 unspecified atom stereocenters. The van der Waals surface area contributed by atoms with Gasteiger partial charge in [0.05, 0.1) is 6.61 Å². The number of hydrogen-bond donors (Lipinski definition) is 1. The zero-order valence-electron chi connectivity index (χ0n) is 11.4. The van der Waals surface area contributed by atoms with Gasteiger partial charge in [-0.05, 0) is 20.0 Å². The van der Waals surface area contributed by atoms with Crippen molar-refractivity contribution in [3.8, 4) is 0 Å². The molecule has 0 spiro atoms. The number of hydrogen-bond acceptors (Lipinski definition) is 4. The fourth-order valence-electron chi connectivity index (χ4n) is 2.32. The maximum absolute atomic E-state index is 12.1. The summed E-state index contributed by atoms with van der Waals surface area (Å²) in [5, 5.41) is 9.42. The molecule has 0 aliphatic carbocycles. The quantitative estimate of drug-likeness (QED) is 0.711. The first kappa shape index (κ1) is 14.4. The van der Waals surface area contributed by atoms with E-state index < -0.39 is 0 Å². The minimum Gasteiger partial charge on any atom is -0.394 e. The molecule has 5 heteroatoms. The number of amides is 1. The van der Waals surface area contributed by atoms with Gasteiger partial charge in [0.1, 0.15) is 6.04 Å². The Morgan fingerprint density at radius 1 is 1.41 bits per heavy atom. The zero-order valence-corrected chi connectivity index (χ0v) is 11.4. The van der Waals surface area contributed by atoms with E-state index in [0.29, 0.717) is 5.92 Å². The van der Waals surface area contributed by atoms with Crippen LogP contribution in [0.4, 0.5) is 0 Å². The first-order valence-electron chi connectivity index (χ1n) is 6.20. The fourth-order valence-corrected chi connectivity index (χ4v) is 2.32. The van der Waals surface area contributed by atoms with Crippen LogP contribution in [-0.2, 0) is 4.79 Å². The Bertz CT molecular complexity index is 258. The highest BCUT2D eigenvalue weighted by molar-refractivity contribution is 5.82. The Balaban J connectivity index is 2.72. The highest BCUT2D eigenvalue weighted by Gasteiger charge is 2.32. The largest absolute Gasteiger partial charge is 0.394 e. The second kappa shape index (κ2) is 6.33. The molecule has 2 atom stereocenters. The fraction of sp³-hybridized carbons (Fsp3) is 0.917. The number of nitrogens with zero attached hydrogens (tertiary/aromatic N) is 3. The lowest BCUT2D eigenvalue weighted by atomic mass is 10.1. The van der Waals surface area contributed by atoms with Crippen LogP contribution in [0.2, 0.25) is 0 Å². The molecule has 1 heterocycles. The number of aliphatic hydroxyl groups is 1. The summed E-state index contributed by atoms with van der Waals surface area (Å²) in [6, 6.07) is -0.370. The van der Waals surface area contributed by atoms with Gasteiger partial charge in [0, 0.05) is 33.2 Å². The second-order valence-corrected chi connectivity index (χ2v) is 5.32. The number of rotatable bonds is 4. The minimum absolute atomic E-state index is 0.0376. The van der Waals surface area contributed by atoms with Crippen molar-refractivity contribution in [2.24, 2.45) is 5.92 Å². The number of likely N-dealkylation sites (N-methyl/N-ethyl adjacent to an activating group) is 2. The summed E-state index contributed by atoms with van der Waals surface area (Å²) in [5.41, 5.74) is 0. The van der Waals surface area contributed by atoms with Crippen LogP contribution in [0.1, 0.15) is 6.92 Å². The van der Waals surface area contributed by atoms with Crippen LogP contribution in [-0.4, -0.2) is 85.7 Å². The molecule has 0 aromatic carbocycles. The van der Waals surface area contributed by atoms with Gasteiger partial charge < -0.3 is 14.9 Å². The Morgan fingerprint density at radius 2 is 2.06 bits per heavy atom. The molecule has 0 radical (unpaired) electrons. The van der Waals surface area contributed by atoms with Gasteiger partial charge in [-0.3, -0.25) is 9.69 Å². The van der Waals surface area contributed by atoms with Crippen molar-refractivity contribution >= 4 is 5.91 Å². The Hall–Kier alpha value is -0.650. The topological polar surface area (TPSA) is 47.0 Å². The van der Waals surface area contributed by atoms with Crippen LogP contribution in [0.3, 0.4) is 0 Å². The molecule has 0 saturated carbocycles. The molecule has 1 N–H and O–H groups in total. The highest BCUT2D eigenvalue weighted by Crippen LogP contribution is 2.14. The molecule has 100 valence electrons. The smallest absolute Gasteiger partial charge is 0.242 e. The third-order valence-electron chi connectivity index (χ3n) is 3.24. The molecule has 0 aromatic heterocycles. The predicted molar refractivity (Wildman–Crippen MR) is 67.8 cm³/mol. The summed E-state index contributed by atoms with van der Waals surface area (Å²) in [4.78, 5) is 18.0. The van der Waals surface area contributed by atoms with E-state index in [2.05, 4.69) is 16.7 Å². The van der Waals surface area contributed by atoms with Gasteiger partial charge in [-0.1, -0.05) is 6.92 Å². The molecular formula is C12H25N3O2. The summed E-state index contributed by atoms with van der Waals surface area (Å²) in [5.74, 6) is 0.485. The number of aliphatic hydroxyl groups excluding tert-OH is 1. The van der Waals surface area contributed by atoms with Crippen LogP contribution < -0.4 is 0 Å². The summed E-state index contributed by atoms with van der Waals surface area (Å²) >= 11 is 0. The lowest BCUT2D eigenvalue weighted by Gasteiger charge is -2.29. The van der Waals surface area contributed by atoms with E-state index in [0.717, 1.165) is 26.2 Å². The summed E-state index contributed by atoms with van der Waals surface area (Å²) in [6.45, 7) is 5.42. The molecule has 1 aliphatic heterocycles. The summed E-state index contributed by atoms with van der Waals surface area (Å²) in [7, 11) is 5.85. The van der Waals surface area contributed by atoms with Crippen molar-refractivity contribution in [3.63, 3.8) is 0 Å². The van der Waals surface area contributed by atoms with Crippen LogP contribution in [0.25, 0.3) is 0 Å². The van der Waals surface area contributed by atoms with Gasteiger partial charge in [0.25, 0.3) is 0 Å². The van der Waals surface area contributed by atoms with Crippen LogP contribution in [0.5, 0.6) is 0 Å². The van der Waals surface area contributed by atoms with Crippen molar-refractivity contribution in [1.82, 2.24) is 14.7 Å². The number of carbonyl (C=O) groups is 1. The van der Waals surface area contributed by atoms with Crippen molar-refractivity contribution in [2.75, 3.05) is 53.9 Å². The standard InChI is InChI=1S/C12H25N3O2/c1-10-7-14(4)12(17)11(9-16)15(8-10)6-5-13(2)3/h10-11,16H,5-9H2,1-4H3. The molecule has 1 aliphatic rings. The van der Waals surface area contributed by atoms with Gasteiger partial charge in [0.2, 0.25) is 5.91 Å². The average Bonchev–Trinajstić information content (AvgIpc) is 2.34. The van der Waals surface area contributed by atoms with E-state index in [4.69, 9.17) is 0 Å². The van der Waals surface area contributed by atoms with E-state index >= 15 is 0 Å². The van der Waals surface area contributed by atoms with Gasteiger partial charge in [-0.15, -0.1) is 0 Å². The lowest BCUT2D eigenvalue weighted by Crippen LogP contribution is -2.49. The first-order chi connectivity index (χ1) is 7.95. The van der Waals surface area contributed by atoms with Gasteiger partial charge in [-0.2, -0.15) is 0 Å². The van der Waals surface area contributed by atoms with Crippen molar-refractivity contribution in [1.29, 1.82) is 0 Å². The van der Waals surface area contributed by atoms with E-state index in [1.165, 1.54) is 0 Å². The van der Waals surface area contributed by atoms with E-state index in [-0.39, 0.29) is 18.6 Å². The molecule has 1 rings (SSSR count).